The number of hydrogen-bond donors (Lipinski definition) is 6. The minimum atomic E-state index is -0.335. The predicted octanol–water partition coefficient (Wildman–Crippen LogP) is -0.886. The normalized spacial score (nSPS) is 10.6. The monoisotopic (exact) mass is 439 g/mol. The van der Waals surface area contributed by atoms with Crippen molar-refractivity contribution < 1.29 is 9.59 Å². The molecule has 11 N–H and O–H groups in total. The zero-order chi connectivity index (χ0) is 23.3. The molecule has 0 aromatic heterocycles. The van der Waals surface area contributed by atoms with Crippen molar-refractivity contribution in [2.24, 2.45) is 38.7 Å². The highest BCUT2D eigenvalue weighted by molar-refractivity contribution is 5.96. The van der Waals surface area contributed by atoms with E-state index in [1.165, 1.54) is 12.2 Å². The first-order chi connectivity index (χ1) is 14.9. The van der Waals surface area contributed by atoms with Gasteiger partial charge in [0.05, 0.1) is 0 Å². The first kappa shape index (κ1) is 28.2. The SMILES string of the molecule is NCCCCCCCCN(CCCN=C(N)N)C(=O)/C=C\C(=O)NCCCN=C(N)N. The smallest absolute Gasteiger partial charge is 0.246 e. The summed E-state index contributed by atoms with van der Waals surface area (Å²) in [5.41, 5.74) is 26.6. The fourth-order valence-corrected chi connectivity index (χ4v) is 2.77. The zero-order valence-electron chi connectivity index (χ0n) is 18.6. The Kier molecular flexibility index (Phi) is 17.4. The van der Waals surface area contributed by atoms with Crippen LogP contribution in [0, 0.1) is 0 Å². The molecule has 2 amide bonds. The summed E-state index contributed by atoms with van der Waals surface area (Å²) in [6.07, 6.45) is 10.2. The Morgan fingerprint density at radius 3 is 1.90 bits per heavy atom. The Labute approximate surface area is 185 Å². The van der Waals surface area contributed by atoms with E-state index in [-0.39, 0.29) is 23.7 Å². The van der Waals surface area contributed by atoms with Gasteiger partial charge in [-0.1, -0.05) is 25.7 Å². The first-order valence-corrected chi connectivity index (χ1v) is 10.9. The lowest BCUT2D eigenvalue weighted by Gasteiger charge is -2.21. The number of nitrogens with two attached hydrogens (primary N) is 5. The van der Waals surface area contributed by atoms with Gasteiger partial charge in [0.2, 0.25) is 11.8 Å². The molecule has 0 aromatic carbocycles. The molecule has 0 fully saturated rings. The number of aliphatic imine (C=N–C) groups is 2. The quantitative estimate of drug-likeness (QED) is 0.0687. The molecule has 0 bridgehead atoms. The van der Waals surface area contributed by atoms with Gasteiger partial charge in [-0.05, 0) is 32.2 Å². The predicted molar refractivity (Wildman–Crippen MR) is 126 cm³/mol. The van der Waals surface area contributed by atoms with E-state index in [1.807, 2.05) is 0 Å². The van der Waals surface area contributed by atoms with Crippen LogP contribution in [0.2, 0.25) is 0 Å². The van der Waals surface area contributed by atoms with Crippen LogP contribution in [0.5, 0.6) is 0 Å². The topological polar surface area (TPSA) is 204 Å². The van der Waals surface area contributed by atoms with E-state index in [4.69, 9.17) is 28.7 Å². The van der Waals surface area contributed by atoms with Crippen molar-refractivity contribution in [2.45, 2.75) is 51.4 Å². The molecule has 31 heavy (non-hydrogen) atoms. The fourth-order valence-electron chi connectivity index (χ4n) is 2.77. The van der Waals surface area contributed by atoms with Gasteiger partial charge in [0.1, 0.15) is 0 Å². The van der Waals surface area contributed by atoms with E-state index in [0.29, 0.717) is 45.6 Å². The maximum atomic E-state index is 12.5. The summed E-state index contributed by atoms with van der Waals surface area (Å²) in [5, 5.41) is 2.69. The second kappa shape index (κ2) is 19.2. The lowest BCUT2D eigenvalue weighted by Crippen LogP contribution is -2.33. The fraction of sp³-hybridized carbons (Fsp3) is 0.700. The van der Waals surface area contributed by atoms with Crippen LogP contribution in [0.25, 0.3) is 0 Å². The second-order valence-electron chi connectivity index (χ2n) is 7.18. The zero-order valence-corrected chi connectivity index (χ0v) is 18.6. The third-order valence-corrected chi connectivity index (χ3v) is 4.38. The average Bonchev–Trinajstić information content (AvgIpc) is 2.72. The van der Waals surface area contributed by atoms with E-state index in [0.717, 1.165) is 45.1 Å². The molecule has 0 saturated heterocycles. The van der Waals surface area contributed by atoms with Crippen molar-refractivity contribution in [3.63, 3.8) is 0 Å². The summed E-state index contributed by atoms with van der Waals surface area (Å²) < 4.78 is 0. The lowest BCUT2D eigenvalue weighted by atomic mass is 10.1. The van der Waals surface area contributed by atoms with Crippen LogP contribution in [0.4, 0.5) is 0 Å². The van der Waals surface area contributed by atoms with Crippen molar-refractivity contribution in [3.05, 3.63) is 12.2 Å². The molecule has 0 aliphatic heterocycles. The number of unbranched alkanes of at least 4 members (excludes halogenated alkanes) is 5. The Morgan fingerprint density at radius 1 is 0.742 bits per heavy atom. The summed E-state index contributed by atoms with van der Waals surface area (Å²) >= 11 is 0. The summed E-state index contributed by atoms with van der Waals surface area (Å²) in [5.74, 6) is -0.485. The Bertz CT molecular complexity index is 583. The highest BCUT2D eigenvalue weighted by Crippen LogP contribution is 2.07. The third-order valence-electron chi connectivity index (χ3n) is 4.38. The van der Waals surface area contributed by atoms with Crippen molar-refractivity contribution in [2.75, 3.05) is 39.3 Å². The highest BCUT2D eigenvalue weighted by atomic mass is 16.2. The van der Waals surface area contributed by atoms with Crippen LogP contribution in [-0.4, -0.2) is 67.9 Å². The molecule has 0 aromatic rings. The minimum Gasteiger partial charge on any atom is -0.370 e. The number of nitrogens with one attached hydrogen (secondary N) is 1. The Balaban J connectivity index is 4.44. The van der Waals surface area contributed by atoms with E-state index in [1.54, 1.807) is 4.90 Å². The van der Waals surface area contributed by atoms with Crippen LogP contribution in [0.15, 0.2) is 22.1 Å². The number of amides is 2. The molecule has 0 rings (SSSR count). The molecule has 0 aliphatic rings. The second-order valence-corrected chi connectivity index (χ2v) is 7.18. The molecule has 11 heteroatoms. The van der Waals surface area contributed by atoms with Crippen LogP contribution < -0.4 is 34.0 Å². The van der Waals surface area contributed by atoms with Crippen molar-refractivity contribution >= 4 is 23.7 Å². The Morgan fingerprint density at radius 2 is 1.29 bits per heavy atom. The van der Waals surface area contributed by atoms with Gasteiger partial charge in [-0.2, -0.15) is 0 Å². The molecule has 0 atom stereocenters. The first-order valence-electron chi connectivity index (χ1n) is 10.9. The summed E-state index contributed by atoms with van der Waals surface area (Å²) in [6, 6.07) is 0. The molecular weight excluding hydrogens is 398 g/mol. The van der Waals surface area contributed by atoms with Crippen molar-refractivity contribution in [1.82, 2.24) is 10.2 Å². The van der Waals surface area contributed by atoms with Crippen LogP contribution in [0.1, 0.15) is 51.4 Å². The van der Waals surface area contributed by atoms with Crippen LogP contribution in [-0.2, 0) is 9.59 Å². The Hall–Kier alpha value is -2.82. The van der Waals surface area contributed by atoms with Gasteiger partial charge in [0.25, 0.3) is 0 Å². The van der Waals surface area contributed by atoms with Gasteiger partial charge >= 0.3 is 0 Å². The number of carbonyl (C=O) groups excluding carboxylic acids is 2. The van der Waals surface area contributed by atoms with E-state index in [9.17, 15) is 9.59 Å². The van der Waals surface area contributed by atoms with E-state index < -0.39 is 0 Å². The highest BCUT2D eigenvalue weighted by Gasteiger charge is 2.10. The van der Waals surface area contributed by atoms with Gasteiger partial charge < -0.3 is 38.9 Å². The third kappa shape index (κ3) is 18.9. The van der Waals surface area contributed by atoms with Gasteiger partial charge in [-0.3, -0.25) is 19.6 Å². The van der Waals surface area contributed by atoms with Gasteiger partial charge in [-0.25, -0.2) is 0 Å². The molecule has 0 heterocycles. The number of guanidine groups is 2. The maximum Gasteiger partial charge on any atom is 0.246 e. The van der Waals surface area contributed by atoms with E-state index >= 15 is 0 Å². The molecule has 0 unspecified atom stereocenters. The summed E-state index contributed by atoms with van der Waals surface area (Å²) in [7, 11) is 0. The maximum absolute atomic E-state index is 12.5. The average molecular weight is 440 g/mol. The number of nitrogens with zero attached hydrogens (tertiary/aromatic N) is 3. The van der Waals surface area contributed by atoms with E-state index in [2.05, 4.69) is 15.3 Å². The van der Waals surface area contributed by atoms with Crippen molar-refractivity contribution in [3.8, 4) is 0 Å². The molecular formula is C20H41N9O2. The summed E-state index contributed by atoms with van der Waals surface area (Å²) in [6.45, 7) is 3.18. The lowest BCUT2D eigenvalue weighted by molar-refractivity contribution is -0.126. The number of hydrogen-bond acceptors (Lipinski definition) is 5. The molecule has 0 saturated carbocycles. The van der Waals surface area contributed by atoms with Gasteiger partial charge in [0.15, 0.2) is 11.9 Å². The molecule has 11 nitrogen and oxygen atoms in total. The molecule has 0 spiro atoms. The van der Waals surface area contributed by atoms with Crippen LogP contribution in [0.3, 0.4) is 0 Å². The van der Waals surface area contributed by atoms with Gasteiger partial charge in [-0.15, -0.1) is 0 Å². The minimum absolute atomic E-state index is 0.0207. The van der Waals surface area contributed by atoms with Gasteiger partial charge in [0, 0.05) is 44.9 Å². The molecule has 178 valence electrons. The van der Waals surface area contributed by atoms with Crippen molar-refractivity contribution in [1.29, 1.82) is 0 Å². The number of rotatable bonds is 18. The summed E-state index contributed by atoms with van der Waals surface area (Å²) in [4.78, 5) is 33.9. The largest absolute Gasteiger partial charge is 0.370 e. The standard InChI is InChI=1S/C20H41N9O2/c21-11-5-3-1-2-4-6-15-29(16-8-14-28-20(24)25)18(31)10-9-17(30)26-12-7-13-27-19(22)23/h9-10H,1-8,11-16,21H2,(H,26,30)(H4,22,23,27)(H4,24,25,28)/b10-9-. The van der Waals surface area contributed by atoms with Crippen LogP contribution >= 0.6 is 0 Å². The number of carbonyl (C=O) groups is 2. The molecule has 0 aliphatic carbocycles. The molecule has 0 radical (unpaired) electrons.